The zero-order chi connectivity index (χ0) is 14.5. The molecule has 0 aliphatic heterocycles. The van der Waals surface area contributed by atoms with E-state index in [4.69, 9.17) is 11.6 Å². The molecule has 0 bridgehead atoms. The molecule has 1 unspecified atom stereocenters. The third kappa shape index (κ3) is 3.59. The van der Waals surface area contributed by atoms with Crippen molar-refractivity contribution in [3.63, 3.8) is 0 Å². The van der Waals surface area contributed by atoms with Crippen molar-refractivity contribution in [2.75, 3.05) is 6.54 Å². The highest BCUT2D eigenvalue weighted by molar-refractivity contribution is 6.30. The molecule has 106 valence electrons. The number of aryl methyl sites for hydroxylation is 1. The van der Waals surface area contributed by atoms with Gasteiger partial charge in [-0.15, -0.1) is 0 Å². The van der Waals surface area contributed by atoms with Crippen LogP contribution in [0.4, 0.5) is 4.39 Å². The first-order valence-electron chi connectivity index (χ1n) is 6.86. The Morgan fingerprint density at radius 1 is 1.20 bits per heavy atom. The Morgan fingerprint density at radius 3 is 2.65 bits per heavy atom. The zero-order valence-corrected chi connectivity index (χ0v) is 12.5. The molecule has 0 saturated carbocycles. The van der Waals surface area contributed by atoms with E-state index in [1.165, 1.54) is 6.07 Å². The maximum Gasteiger partial charge on any atom is 0.123 e. The van der Waals surface area contributed by atoms with Crippen molar-refractivity contribution in [2.45, 2.75) is 26.3 Å². The van der Waals surface area contributed by atoms with Gasteiger partial charge >= 0.3 is 0 Å². The van der Waals surface area contributed by atoms with E-state index >= 15 is 0 Å². The van der Waals surface area contributed by atoms with E-state index < -0.39 is 0 Å². The molecule has 0 fully saturated rings. The van der Waals surface area contributed by atoms with Crippen LogP contribution in [0.3, 0.4) is 0 Å². The molecule has 0 amide bonds. The van der Waals surface area contributed by atoms with Crippen LogP contribution >= 0.6 is 11.6 Å². The quantitative estimate of drug-likeness (QED) is 0.828. The average molecular weight is 292 g/mol. The molecule has 2 aromatic rings. The second-order valence-corrected chi connectivity index (χ2v) is 5.38. The summed E-state index contributed by atoms with van der Waals surface area (Å²) in [5.74, 6) is -0.211. The molecule has 20 heavy (non-hydrogen) atoms. The van der Waals surface area contributed by atoms with Crippen molar-refractivity contribution in [1.29, 1.82) is 0 Å². The van der Waals surface area contributed by atoms with Gasteiger partial charge in [-0.3, -0.25) is 0 Å². The fourth-order valence-electron chi connectivity index (χ4n) is 2.35. The number of hydrogen-bond donors (Lipinski definition) is 1. The molecular weight excluding hydrogens is 273 g/mol. The van der Waals surface area contributed by atoms with Crippen molar-refractivity contribution < 1.29 is 4.39 Å². The standard InChI is InChI=1S/C17H19ClFN/c1-3-9-20-17(13-5-4-6-15(19)11-13)16-8-7-14(18)10-12(16)2/h4-8,10-11,17,20H,3,9H2,1-2H3. The predicted molar refractivity (Wildman–Crippen MR) is 82.7 cm³/mol. The molecule has 1 nitrogen and oxygen atoms in total. The minimum atomic E-state index is -0.211. The summed E-state index contributed by atoms with van der Waals surface area (Å²) in [5.41, 5.74) is 3.17. The highest BCUT2D eigenvalue weighted by atomic mass is 35.5. The maximum absolute atomic E-state index is 13.5. The number of hydrogen-bond acceptors (Lipinski definition) is 1. The normalized spacial score (nSPS) is 12.4. The molecule has 0 radical (unpaired) electrons. The summed E-state index contributed by atoms with van der Waals surface area (Å²) < 4.78 is 13.5. The van der Waals surface area contributed by atoms with Crippen LogP contribution in [0.5, 0.6) is 0 Å². The summed E-state index contributed by atoms with van der Waals surface area (Å²) >= 11 is 6.02. The van der Waals surface area contributed by atoms with Gasteiger partial charge in [-0.1, -0.05) is 36.7 Å². The van der Waals surface area contributed by atoms with Crippen LogP contribution in [0.2, 0.25) is 5.02 Å². The molecule has 0 saturated heterocycles. The van der Waals surface area contributed by atoms with Crippen LogP contribution in [0.25, 0.3) is 0 Å². The van der Waals surface area contributed by atoms with Gasteiger partial charge in [0.05, 0.1) is 6.04 Å². The lowest BCUT2D eigenvalue weighted by atomic mass is 9.95. The molecule has 0 spiro atoms. The molecular formula is C17H19ClFN. The lowest BCUT2D eigenvalue weighted by Gasteiger charge is -2.21. The van der Waals surface area contributed by atoms with Crippen LogP contribution in [0.15, 0.2) is 42.5 Å². The lowest BCUT2D eigenvalue weighted by Crippen LogP contribution is -2.24. The van der Waals surface area contributed by atoms with E-state index in [1.54, 1.807) is 12.1 Å². The van der Waals surface area contributed by atoms with Crippen LogP contribution in [-0.2, 0) is 0 Å². The second kappa shape index (κ2) is 6.87. The SMILES string of the molecule is CCCNC(c1cccc(F)c1)c1ccc(Cl)cc1C. The van der Waals surface area contributed by atoms with Gasteiger partial charge in [0, 0.05) is 5.02 Å². The van der Waals surface area contributed by atoms with Gasteiger partial charge in [0.25, 0.3) is 0 Å². The fraction of sp³-hybridized carbons (Fsp3) is 0.294. The molecule has 2 rings (SSSR count). The monoisotopic (exact) mass is 291 g/mol. The summed E-state index contributed by atoms with van der Waals surface area (Å²) in [6.45, 7) is 5.02. The van der Waals surface area contributed by atoms with E-state index in [0.717, 1.165) is 34.7 Å². The van der Waals surface area contributed by atoms with Crippen LogP contribution in [0, 0.1) is 12.7 Å². The van der Waals surface area contributed by atoms with Gasteiger partial charge in [0.1, 0.15) is 5.82 Å². The average Bonchev–Trinajstić information content (AvgIpc) is 2.41. The lowest BCUT2D eigenvalue weighted by molar-refractivity contribution is 0.584. The second-order valence-electron chi connectivity index (χ2n) is 4.94. The predicted octanol–water partition coefficient (Wildman–Crippen LogP) is 4.88. The molecule has 3 heteroatoms. The Morgan fingerprint density at radius 2 is 2.00 bits per heavy atom. The van der Waals surface area contributed by atoms with Crippen LogP contribution in [0.1, 0.15) is 36.1 Å². The summed E-state index contributed by atoms with van der Waals surface area (Å²) in [5, 5.41) is 4.20. The molecule has 0 aliphatic carbocycles. The number of halogens is 2. The van der Waals surface area contributed by atoms with Crippen molar-refractivity contribution in [1.82, 2.24) is 5.32 Å². The van der Waals surface area contributed by atoms with Gasteiger partial charge in [-0.2, -0.15) is 0 Å². The summed E-state index contributed by atoms with van der Waals surface area (Å²) in [6, 6.07) is 12.6. The Kier molecular flexibility index (Phi) is 5.16. The van der Waals surface area contributed by atoms with E-state index in [9.17, 15) is 4.39 Å². The molecule has 1 atom stereocenters. The first-order chi connectivity index (χ1) is 9.61. The third-order valence-electron chi connectivity index (χ3n) is 3.32. The summed E-state index contributed by atoms with van der Waals surface area (Å²) in [4.78, 5) is 0. The zero-order valence-electron chi connectivity index (χ0n) is 11.8. The van der Waals surface area contributed by atoms with Crippen molar-refractivity contribution in [3.05, 3.63) is 70.0 Å². The van der Waals surface area contributed by atoms with E-state index in [2.05, 4.69) is 12.2 Å². The van der Waals surface area contributed by atoms with Gasteiger partial charge in [0.2, 0.25) is 0 Å². The van der Waals surface area contributed by atoms with Crippen LogP contribution in [-0.4, -0.2) is 6.54 Å². The maximum atomic E-state index is 13.5. The van der Waals surface area contributed by atoms with Crippen molar-refractivity contribution in [3.8, 4) is 0 Å². The highest BCUT2D eigenvalue weighted by Gasteiger charge is 2.16. The van der Waals surface area contributed by atoms with Crippen LogP contribution < -0.4 is 5.32 Å². The Balaban J connectivity index is 2.41. The number of rotatable bonds is 5. The smallest absolute Gasteiger partial charge is 0.123 e. The largest absolute Gasteiger partial charge is 0.306 e. The molecule has 0 aliphatic rings. The van der Waals surface area contributed by atoms with Crippen molar-refractivity contribution in [2.24, 2.45) is 0 Å². The number of nitrogens with one attached hydrogen (secondary N) is 1. The van der Waals surface area contributed by atoms with Gasteiger partial charge in [-0.05, 0) is 60.8 Å². The Labute approximate surface area is 124 Å². The first-order valence-corrected chi connectivity index (χ1v) is 7.24. The van der Waals surface area contributed by atoms with E-state index in [1.807, 2.05) is 31.2 Å². The highest BCUT2D eigenvalue weighted by Crippen LogP contribution is 2.27. The Hall–Kier alpha value is -1.38. The van der Waals surface area contributed by atoms with Gasteiger partial charge in [-0.25, -0.2) is 4.39 Å². The molecule has 1 N–H and O–H groups in total. The molecule has 2 aromatic carbocycles. The number of benzene rings is 2. The van der Waals surface area contributed by atoms with Gasteiger partial charge in [0.15, 0.2) is 0 Å². The third-order valence-corrected chi connectivity index (χ3v) is 3.56. The van der Waals surface area contributed by atoms with Crippen molar-refractivity contribution >= 4 is 11.6 Å². The van der Waals surface area contributed by atoms with E-state index in [0.29, 0.717) is 0 Å². The summed E-state index contributed by atoms with van der Waals surface area (Å²) in [6.07, 6.45) is 1.03. The molecule has 0 aromatic heterocycles. The minimum absolute atomic E-state index is 0.0112. The molecule has 0 heterocycles. The fourth-order valence-corrected chi connectivity index (χ4v) is 2.57. The Bertz CT molecular complexity index is 583. The summed E-state index contributed by atoms with van der Waals surface area (Å²) in [7, 11) is 0. The minimum Gasteiger partial charge on any atom is -0.306 e. The van der Waals surface area contributed by atoms with E-state index in [-0.39, 0.29) is 11.9 Å². The topological polar surface area (TPSA) is 12.0 Å². The van der Waals surface area contributed by atoms with Gasteiger partial charge < -0.3 is 5.32 Å². The first kappa shape index (κ1) is 15.0.